The van der Waals surface area contributed by atoms with Gasteiger partial charge in [0, 0.05) is 16.7 Å². The zero-order valence-corrected chi connectivity index (χ0v) is 11.5. The molecule has 1 amide bonds. The largest absolute Gasteiger partial charge is 0.493 e. The van der Waals surface area contributed by atoms with Gasteiger partial charge in [-0.3, -0.25) is 4.79 Å². The third kappa shape index (κ3) is 2.06. The first-order valence-electron chi connectivity index (χ1n) is 5.42. The number of carbonyl (C=O) groups excluding carboxylic acids is 1. The summed E-state index contributed by atoms with van der Waals surface area (Å²) in [6, 6.07) is 3.34. The second kappa shape index (κ2) is 4.47. The van der Waals surface area contributed by atoms with Gasteiger partial charge in [0.25, 0.3) is 5.91 Å². The van der Waals surface area contributed by atoms with Gasteiger partial charge in [0.15, 0.2) is 17.0 Å². The average molecular weight is 297 g/mol. The monoisotopic (exact) mass is 296 g/mol. The molecule has 0 aromatic heterocycles. The van der Waals surface area contributed by atoms with E-state index >= 15 is 0 Å². The number of halogens is 1. The Morgan fingerprint density at radius 1 is 1.53 bits per heavy atom. The molecule has 2 aliphatic rings. The Hall–Kier alpha value is -1.66. The molecule has 98 valence electrons. The lowest BCUT2D eigenvalue weighted by Crippen LogP contribution is -2.41. The number of nitrogens with one attached hydrogen (secondary N) is 1. The molecule has 3 rings (SSSR count). The molecule has 1 N–H and O–H groups in total. The second-order valence-electron chi connectivity index (χ2n) is 3.97. The zero-order valence-electron chi connectivity index (χ0n) is 9.81. The minimum Gasteiger partial charge on any atom is -0.493 e. The Bertz CT molecular complexity index is 642. The van der Waals surface area contributed by atoms with Gasteiger partial charge in [-0.25, -0.2) is 4.99 Å². The van der Waals surface area contributed by atoms with Gasteiger partial charge < -0.3 is 14.8 Å². The number of aliphatic imine (C=N–C) groups is 1. The molecule has 7 heteroatoms. The molecule has 1 aromatic rings. The highest BCUT2D eigenvalue weighted by atomic mass is 35.5. The van der Waals surface area contributed by atoms with E-state index in [0.29, 0.717) is 27.7 Å². The van der Waals surface area contributed by atoms with Gasteiger partial charge in [-0.15, -0.1) is 12.6 Å². The van der Waals surface area contributed by atoms with Crippen molar-refractivity contribution in [3.63, 3.8) is 0 Å². The number of fused-ring (bicyclic) bond motifs is 2. The molecule has 1 unspecified atom stereocenters. The van der Waals surface area contributed by atoms with E-state index in [2.05, 4.69) is 22.9 Å². The number of benzene rings is 1. The zero-order chi connectivity index (χ0) is 13.6. The van der Waals surface area contributed by atoms with E-state index in [9.17, 15) is 4.79 Å². The smallest absolute Gasteiger partial charge is 0.259 e. The molecule has 0 saturated carbocycles. The van der Waals surface area contributed by atoms with Crippen LogP contribution in [-0.4, -0.2) is 24.4 Å². The molecular formula is C12H9ClN2O3S. The maximum atomic E-state index is 11.8. The lowest BCUT2D eigenvalue weighted by molar-refractivity contribution is -0.117. The van der Waals surface area contributed by atoms with E-state index in [0.717, 1.165) is 0 Å². The van der Waals surface area contributed by atoms with Crippen molar-refractivity contribution < 1.29 is 14.3 Å². The first-order valence-corrected chi connectivity index (χ1v) is 6.32. The molecule has 2 heterocycles. The predicted molar refractivity (Wildman–Crippen MR) is 75.0 cm³/mol. The fourth-order valence-electron chi connectivity index (χ4n) is 1.92. The Balaban J connectivity index is 2.18. The van der Waals surface area contributed by atoms with Crippen LogP contribution in [-0.2, 0) is 4.79 Å². The van der Waals surface area contributed by atoms with E-state index in [-0.39, 0.29) is 11.8 Å². The molecule has 0 fully saturated rings. The lowest BCUT2D eigenvalue weighted by Gasteiger charge is -2.25. The summed E-state index contributed by atoms with van der Waals surface area (Å²) in [5, 5.41) is 3.08. The van der Waals surface area contributed by atoms with Gasteiger partial charge in [0.05, 0.1) is 7.11 Å². The Morgan fingerprint density at radius 2 is 2.32 bits per heavy atom. The van der Waals surface area contributed by atoms with Gasteiger partial charge in [-0.05, 0) is 12.1 Å². The van der Waals surface area contributed by atoms with Crippen molar-refractivity contribution in [3.8, 4) is 11.5 Å². The average Bonchev–Trinajstić information content (AvgIpc) is 2.36. The molecule has 1 atom stereocenters. The number of hydrogen-bond donors (Lipinski definition) is 2. The summed E-state index contributed by atoms with van der Waals surface area (Å²) in [5.74, 6) is 0.929. The van der Waals surface area contributed by atoms with Crippen LogP contribution >= 0.6 is 24.2 Å². The number of thiol groups is 1. The third-order valence-electron chi connectivity index (χ3n) is 2.74. The van der Waals surface area contributed by atoms with E-state index in [4.69, 9.17) is 21.1 Å². The van der Waals surface area contributed by atoms with E-state index < -0.39 is 5.50 Å². The van der Waals surface area contributed by atoms with Crippen molar-refractivity contribution >= 4 is 42.1 Å². The normalized spacial score (nSPS) is 20.4. The minimum atomic E-state index is -0.612. The highest BCUT2D eigenvalue weighted by Gasteiger charge is 2.31. The second-order valence-corrected chi connectivity index (χ2v) is 4.89. The SMILES string of the molecule is COc1cc(Cl)cc2c1OC1=NC(S)NC(=O)C1=C2. The van der Waals surface area contributed by atoms with Gasteiger partial charge in [0.2, 0.25) is 5.90 Å². The third-order valence-corrected chi connectivity index (χ3v) is 3.20. The number of rotatable bonds is 1. The number of hydrogen-bond acceptors (Lipinski definition) is 5. The standard InChI is InChI=1S/C12H9ClN2O3S/c1-17-8-4-6(13)2-5-3-7-10(16)14-12(19)15-11(7)18-9(5)8/h2-4,12,19H,1H3,(H,14,16). The quantitative estimate of drug-likeness (QED) is 0.778. The Kier molecular flexibility index (Phi) is 2.91. The Labute approximate surface area is 119 Å². The van der Waals surface area contributed by atoms with Crippen LogP contribution in [0.15, 0.2) is 22.7 Å². The molecule has 1 aromatic carbocycles. The van der Waals surface area contributed by atoms with Crippen molar-refractivity contribution in [2.45, 2.75) is 5.50 Å². The molecule has 2 aliphatic heterocycles. The molecule has 5 nitrogen and oxygen atoms in total. The van der Waals surface area contributed by atoms with Crippen LogP contribution in [0.1, 0.15) is 5.56 Å². The predicted octanol–water partition coefficient (Wildman–Crippen LogP) is 1.87. The van der Waals surface area contributed by atoms with Crippen molar-refractivity contribution in [1.82, 2.24) is 5.32 Å². The van der Waals surface area contributed by atoms with Crippen LogP contribution in [0.3, 0.4) is 0 Å². The maximum Gasteiger partial charge on any atom is 0.259 e. The van der Waals surface area contributed by atoms with Gasteiger partial charge in [0.1, 0.15) is 5.57 Å². The number of nitrogens with zero attached hydrogens (tertiary/aromatic N) is 1. The van der Waals surface area contributed by atoms with Crippen LogP contribution in [0.4, 0.5) is 0 Å². The molecular weight excluding hydrogens is 288 g/mol. The van der Waals surface area contributed by atoms with Crippen LogP contribution in [0.5, 0.6) is 11.5 Å². The van der Waals surface area contributed by atoms with Crippen LogP contribution in [0, 0.1) is 0 Å². The maximum absolute atomic E-state index is 11.8. The molecule has 0 spiro atoms. The topological polar surface area (TPSA) is 59.9 Å². The van der Waals surface area contributed by atoms with Crippen LogP contribution in [0.2, 0.25) is 5.02 Å². The summed E-state index contributed by atoms with van der Waals surface area (Å²) >= 11 is 10.1. The number of amides is 1. The van der Waals surface area contributed by atoms with Crippen molar-refractivity contribution in [2.75, 3.05) is 7.11 Å². The Morgan fingerprint density at radius 3 is 3.05 bits per heavy atom. The molecule has 0 radical (unpaired) electrons. The summed E-state index contributed by atoms with van der Waals surface area (Å²) < 4.78 is 10.9. The first kappa shape index (κ1) is 12.4. The summed E-state index contributed by atoms with van der Waals surface area (Å²) in [6.45, 7) is 0. The van der Waals surface area contributed by atoms with Crippen molar-refractivity contribution in [1.29, 1.82) is 0 Å². The van der Waals surface area contributed by atoms with E-state index in [1.165, 1.54) is 7.11 Å². The van der Waals surface area contributed by atoms with E-state index in [1.54, 1.807) is 18.2 Å². The van der Waals surface area contributed by atoms with Crippen molar-refractivity contribution in [3.05, 3.63) is 28.3 Å². The molecule has 0 aliphatic carbocycles. The first-order chi connectivity index (χ1) is 9.08. The summed E-state index contributed by atoms with van der Waals surface area (Å²) in [4.78, 5) is 16.0. The highest BCUT2D eigenvalue weighted by Crippen LogP contribution is 2.39. The number of methoxy groups -OCH3 is 1. The van der Waals surface area contributed by atoms with Crippen LogP contribution < -0.4 is 14.8 Å². The molecule has 19 heavy (non-hydrogen) atoms. The fraction of sp³-hybridized carbons (Fsp3) is 0.167. The number of ether oxygens (including phenoxy) is 2. The summed E-state index contributed by atoms with van der Waals surface area (Å²) in [7, 11) is 1.52. The van der Waals surface area contributed by atoms with Gasteiger partial charge >= 0.3 is 0 Å². The summed E-state index contributed by atoms with van der Waals surface area (Å²) in [6.07, 6.45) is 1.67. The van der Waals surface area contributed by atoms with E-state index in [1.807, 2.05) is 0 Å². The van der Waals surface area contributed by atoms with Gasteiger partial charge in [-0.1, -0.05) is 11.6 Å². The van der Waals surface area contributed by atoms with Crippen LogP contribution in [0.25, 0.3) is 6.08 Å². The molecule has 0 saturated heterocycles. The molecule has 0 bridgehead atoms. The summed E-state index contributed by atoms with van der Waals surface area (Å²) in [5.41, 5.74) is 0.410. The number of carbonyl (C=O) groups is 1. The lowest BCUT2D eigenvalue weighted by atomic mass is 10.0. The fourth-order valence-corrected chi connectivity index (χ4v) is 2.36. The van der Waals surface area contributed by atoms with Gasteiger partial charge in [-0.2, -0.15) is 0 Å². The minimum absolute atomic E-state index is 0.233. The van der Waals surface area contributed by atoms with Crippen molar-refractivity contribution in [2.24, 2.45) is 4.99 Å². The highest BCUT2D eigenvalue weighted by molar-refractivity contribution is 7.80.